The van der Waals surface area contributed by atoms with Crippen LogP contribution in [0.25, 0.3) is 0 Å². The summed E-state index contributed by atoms with van der Waals surface area (Å²) in [6, 6.07) is 17.3. The summed E-state index contributed by atoms with van der Waals surface area (Å²) in [5, 5.41) is 15.8. The van der Waals surface area contributed by atoms with Crippen molar-refractivity contribution in [3.63, 3.8) is 0 Å². The van der Waals surface area contributed by atoms with Crippen LogP contribution in [0.4, 0.5) is 11.4 Å². The van der Waals surface area contributed by atoms with Crippen molar-refractivity contribution in [1.82, 2.24) is 0 Å². The van der Waals surface area contributed by atoms with Gasteiger partial charge in [0.05, 0.1) is 5.69 Å². The topological polar surface area (TPSA) is 78.4 Å². The van der Waals surface area contributed by atoms with Crippen LogP contribution in [-0.4, -0.2) is 16.9 Å². The van der Waals surface area contributed by atoms with Crippen molar-refractivity contribution in [2.24, 2.45) is 0 Å². The molecular weight excluding hydrogens is 387 g/mol. The first-order valence-electron chi connectivity index (χ1n) is 7.89. The van der Waals surface area contributed by atoms with E-state index in [0.29, 0.717) is 32.5 Å². The lowest BCUT2D eigenvalue weighted by Gasteiger charge is -2.09. The second-order valence-electron chi connectivity index (χ2n) is 5.66. The molecule has 5 nitrogen and oxygen atoms in total. The maximum Gasteiger partial charge on any atom is 0.255 e. The monoisotopic (exact) mass is 400 g/mol. The largest absolute Gasteiger partial charge is 0.506 e. The first kappa shape index (κ1) is 18.8. The minimum absolute atomic E-state index is 0.0186. The van der Waals surface area contributed by atoms with Gasteiger partial charge in [-0.3, -0.25) is 9.59 Å². The van der Waals surface area contributed by atoms with E-state index >= 15 is 0 Å². The predicted octanol–water partition coefficient (Wildman–Crippen LogP) is 5.20. The van der Waals surface area contributed by atoms with E-state index in [4.69, 9.17) is 23.2 Å². The number of halogens is 2. The molecule has 0 spiro atoms. The Bertz CT molecular complexity index is 984. The van der Waals surface area contributed by atoms with E-state index in [0.717, 1.165) is 0 Å². The van der Waals surface area contributed by atoms with Gasteiger partial charge in [0.2, 0.25) is 0 Å². The zero-order valence-corrected chi connectivity index (χ0v) is 15.4. The third-order valence-electron chi connectivity index (χ3n) is 3.68. The third kappa shape index (κ3) is 4.78. The normalized spacial score (nSPS) is 10.3. The Balaban J connectivity index is 1.69. The van der Waals surface area contributed by atoms with Crippen LogP contribution in [0.2, 0.25) is 10.0 Å². The van der Waals surface area contributed by atoms with Gasteiger partial charge in [0.1, 0.15) is 5.75 Å². The fourth-order valence-electron chi connectivity index (χ4n) is 2.37. The van der Waals surface area contributed by atoms with E-state index in [1.807, 2.05) is 0 Å². The summed E-state index contributed by atoms with van der Waals surface area (Å²) in [5.74, 6) is -0.767. The van der Waals surface area contributed by atoms with Crippen molar-refractivity contribution in [1.29, 1.82) is 0 Å². The molecule has 0 aliphatic carbocycles. The molecule has 0 aliphatic rings. The minimum atomic E-state index is -0.379. The number of anilines is 2. The quantitative estimate of drug-likeness (QED) is 0.526. The summed E-state index contributed by atoms with van der Waals surface area (Å²) in [6.45, 7) is 0. The molecule has 0 atom stereocenters. The highest BCUT2D eigenvalue weighted by Gasteiger charge is 2.11. The molecule has 27 heavy (non-hydrogen) atoms. The van der Waals surface area contributed by atoms with Crippen molar-refractivity contribution < 1.29 is 14.7 Å². The number of aromatic hydroxyl groups is 1. The van der Waals surface area contributed by atoms with Crippen LogP contribution in [0.5, 0.6) is 5.75 Å². The van der Waals surface area contributed by atoms with Gasteiger partial charge < -0.3 is 15.7 Å². The average Bonchev–Trinajstić information content (AvgIpc) is 2.63. The molecule has 3 aromatic rings. The molecule has 0 aromatic heterocycles. The Morgan fingerprint density at radius 1 is 0.741 bits per heavy atom. The van der Waals surface area contributed by atoms with Crippen LogP contribution in [0, 0.1) is 0 Å². The van der Waals surface area contributed by atoms with Gasteiger partial charge in [-0.15, -0.1) is 0 Å². The summed E-state index contributed by atoms with van der Waals surface area (Å²) >= 11 is 11.8. The highest BCUT2D eigenvalue weighted by Crippen LogP contribution is 2.23. The lowest BCUT2D eigenvalue weighted by atomic mass is 10.1. The van der Waals surface area contributed by atoms with Gasteiger partial charge in [-0.05, 0) is 54.6 Å². The third-order valence-corrected chi connectivity index (χ3v) is 4.12. The number of hydrogen-bond acceptors (Lipinski definition) is 3. The summed E-state index contributed by atoms with van der Waals surface area (Å²) < 4.78 is 0. The average molecular weight is 401 g/mol. The molecule has 7 heteroatoms. The van der Waals surface area contributed by atoms with E-state index in [-0.39, 0.29) is 17.6 Å². The van der Waals surface area contributed by atoms with Crippen LogP contribution < -0.4 is 10.6 Å². The number of phenolic OH excluding ortho intramolecular Hbond substituents is 1. The molecule has 0 unspecified atom stereocenters. The summed E-state index contributed by atoms with van der Waals surface area (Å²) in [6.07, 6.45) is 0. The van der Waals surface area contributed by atoms with E-state index < -0.39 is 0 Å². The van der Waals surface area contributed by atoms with Crippen LogP contribution in [0.1, 0.15) is 20.7 Å². The number of benzene rings is 3. The number of carbonyl (C=O) groups excluding carboxylic acids is 2. The maximum absolute atomic E-state index is 12.3. The van der Waals surface area contributed by atoms with Crippen molar-refractivity contribution in [3.05, 3.63) is 87.9 Å². The van der Waals surface area contributed by atoms with Gasteiger partial charge >= 0.3 is 0 Å². The lowest BCUT2D eigenvalue weighted by molar-refractivity contribution is 0.101. The number of para-hydroxylation sites is 2. The number of hydrogen-bond donors (Lipinski definition) is 3. The van der Waals surface area contributed by atoms with Gasteiger partial charge in [0.25, 0.3) is 11.8 Å². The Labute approximate surface area is 165 Å². The molecule has 0 heterocycles. The van der Waals surface area contributed by atoms with E-state index in [2.05, 4.69) is 10.6 Å². The molecule has 0 saturated carbocycles. The second kappa shape index (κ2) is 8.12. The highest BCUT2D eigenvalue weighted by atomic mass is 35.5. The molecule has 0 saturated heterocycles. The van der Waals surface area contributed by atoms with E-state index in [9.17, 15) is 14.7 Å². The number of rotatable bonds is 4. The predicted molar refractivity (Wildman–Crippen MR) is 107 cm³/mol. The van der Waals surface area contributed by atoms with Crippen LogP contribution in [0.15, 0.2) is 66.7 Å². The van der Waals surface area contributed by atoms with Crippen LogP contribution >= 0.6 is 23.2 Å². The Kier molecular flexibility index (Phi) is 5.64. The van der Waals surface area contributed by atoms with Gasteiger partial charge in [-0.2, -0.15) is 0 Å². The first-order valence-corrected chi connectivity index (χ1v) is 8.65. The number of carbonyl (C=O) groups is 2. The van der Waals surface area contributed by atoms with Crippen molar-refractivity contribution in [2.75, 3.05) is 10.6 Å². The zero-order valence-electron chi connectivity index (χ0n) is 13.9. The SMILES string of the molecule is O=C(Nc1ccc(C(=O)Nc2ccccc2O)cc1)c1cc(Cl)cc(Cl)c1. The number of phenols is 1. The number of nitrogens with one attached hydrogen (secondary N) is 2. The van der Waals surface area contributed by atoms with E-state index in [1.165, 1.54) is 24.3 Å². The fraction of sp³-hybridized carbons (Fsp3) is 0. The fourth-order valence-corrected chi connectivity index (χ4v) is 2.89. The van der Waals surface area contributed by atoms with Crippen molar-refractivity contribution in [2.45, 2.75) is 0 Å². The minimum Gasteiger partial charge on any atom is -0.506 e. The molecule has 0 radical (unpaired) electrons. The molecule has 3 aromatic carbocycles. The molecule has 0 bridgehead atoms. The van der Waals surface area contributed by atoms with Crippen molar-refractivity contribution in [3.8, 4) is 5.75 Å². The lowest BCUT2D eigenvalue weighted by Crippen LogP contribution is -2.13. The molecule has 3 rings (SSSR count). The van der Waals surface area contributed by atoms with Crippen LogP contribution in [0.3, 0.4) is 0 Å². The maximum atomic E-state index is 12.3. The van der Waals surface area contributed by atoms with Gasteiger partial charge in [-0.25, -0.2) is 0 Å². The molecule has 0 fully saturated rings. The molecule has 136 valence electrons. The standard InChI is InChI=1S/C20H14Cl2N2O3/c21-14-9-13(10-15(22)11-14)20(27)23-16-7-5-12(6-8-16)19(26)24-17-3-1-2-4-18(17)25/h1-11,25H,(H,23,27)(H,24,26). The zero-order chi connectivity index (χ0) is 19.4. The van der Waals surface area contributed by atoms with Gasteiger partial charge in [0, 0.05) is 26.9 Å². The summed E-state index contributed by atoms with van der Waals surface area (Å²) in [7, 11) is 0. The molecular formula is C20H14Cl2N2O3. The van der Waals surface area contributed by atoms with Crippen LogP contribution in [-0.2, 0) is 0 Å². The first-order chi connectivity index (χ1) is 12.9. The number of amides is 2. The Hall–Kier alpha value is -3.02. The van der Waals surface area contributed by atoms with Crippen molar-refractivity contribution >= 4 is 46.4 Å². The smallest absolute Gasteiger partial charge is 0.255 e. The summed E-state index contributed by atoms with van der Waals surface area (Å²) in [4.78, 5) is 24.5. The Morgan fingerprint density at radius 3 is 1.96 bits per heavy atom. The molecule has 2 amide bonds. The second-order valence-corrected chi connectivity index (χ2v) is 6.53. The Morgan fingerprint density at radius 2 is 1.33 bits per heavy atom. The highest BCUT2D eigenvalue weighted by molar-refractivity contribution is 6.35. The van der Waals surface area contributed by atoms with Gasteiger partial charge in [-0.1, -0.05) is 35.3 Å². The molecule has 0 aliphatic heterocycles. The van der Waals surface area contributed by atoms with Gasteiger partial charge in [0.15, 0.2) is 0 Å². The molecule has 3 N–H and O–H groups in total. The summed E-state index contributed by atoms with van der Waals surface area (Å²) in [5.41, 5.74) is 1.53. The van der Waals surface area contributed by atoms with E-state index in [1.54, 1.807) is 42.5 Å².